The normalized spacial score (nSPS) is 16.2. The summed E-state index contributed by atoms with van der Waals surface area (Å²) in [5, 5.41) is 43.0. The molecule has 6 N–H and O–H groups in total. The van der Waals surface area contributed by atoms with Crippen LogP contribution in [0.3, 0.4) is 0 Å². The van der Waals surface area contributed by atoms with Crippen LogP contribution in [0.25, 0.3) is 0 Å². The molecule has 2 aliphatic rings. The van der Waals surface area contributed by atoms with Gasteiger partial charge in [0.15, 0.2) is 0 Å². The topological polar surface area (TPSA) is 171 Å². The van der Waals surface area contributed by atoms with Crippen LogP contribution in [0.15, 0.2) is 0 Å². The minimum Gasteiger partial charge on any atom is -0.402 e. The van der Waals surface area contributed by atoms with Gasteiger partial charge < -0.3 is 44.7 Å². The van der Waals surface area contributed by atoms with E-state index in [4.69, 9.17) is 34.9 Å². The van der Waals surface area contributed by atoms with Crippen LogP contribution in [0.4, 0.5) is 0 Å². The molecule has 2 aliphatic heterocycles. The van der Waals surface area contributed by atoms with Crippen LogP contribution in [-0.2, 0) is 14.3 Å². The number of carbonyl (C=O) groups excluding carboxylic acids is 2. The Kier molecular flexibility index (Phi) is 13.3. The molecule has 0 saturated carbocycles. The maximum absolute atomic E-state index is 11.3. The van der Waals surface area contributed by atoms with Crippen molar-refractivity contribution in [2.45, 2.75) is 25.7 Å². The van der Waals surface area contributed by atoms with Crippen molar-refractivity contribution in [3.8, 4) is 0 Å². The number of carbonyl (C=O) groups is 2. The van der Waals surface area contributed by atoms with Crippen molar-refractivity contribution >= 4 is 26.5 Å². The second-order valence-electron chi connectivity index (χ2n) is 5.27. The molecule has 2 amide bonds. The summed E-state index contributed by atoms with van der Waals surface area (Å²) in [6.45, 7) is 4.26. The predicted molar refractivity (Wildman–Crippen MR) is 87.3 cm³/mol. The molecule has 0 radical (unpaired) electrons. The zero-order valence-electron chi connectivity index (χ0n) is 14.0. The van der Waals surface area contributed by atoms with Gasteiger partial charge in [-0.25, -0.2) is 0 Å². The van der Waals surface area contributed by atoms with E-state index in [1.54, 1.807) is 0 Å². The van der Waals surface area contributed by atoms with Gasteiger partial charge in [-0.15, -0.1) is 0 Å². The summed E-state index contributed by atoms with van der Waals surface area (Å²) < 4.78 is 5.47. The first-order valence-electron chi connectivity index (χ1n) is 7.95. The van der Waals surface area contributed by atoms with Gasteiger partial charge in [0.1, 0.15) is 0 Å². The SMILES string of the molecule is O=C1CCCN1CCOCCN1CCCC1=O.OB(O)O.OB(O)O. The Morgan fingerprint density at radius 3 is 1.32 bits per heavy atom. The average molecular weight is 364 g/mol. The molecule has 144 valence electrons. The van der Waals surface area contributed by atoms with Crippen molar-refractivity contribution in [2.24, 2.45) is 0 Å². The van der Waals surface area contributed by atoms with Crippen molar-refractivity contribution in [3.05, 3.63) is 0 Å². The Morgan fingerprint density at radius 2 is 1.08 bits per heavy atom. The maximum atomic E-state index is 11.3. The number of ether oxygens (including phenoxy) is 1. The quantitative estimate of drug-likeness (QED) is 0.204. The lowest BCUT2D eigenvalue weighted by atomic mass is 10.3. The van der Waals surface area contributed by atoms with Crippen LogP contribution in [0, 0.1) is 0 Å². The Balaban J connectivity index is 0.000000609. The molecule has 0 aliphatic carbocycles. The minimum atomic E-state index is -2.17. The van der Waals surface area contributed by atoms with Crippen molar-refractivity contribution in [3.63, 3.8) is 0 Å². The average Bonchev–Trinajstić information content (AvgIpc) is 3.07. The van der Waals surface area contributed by atoms with Gasteiger partial charge >= 0.3 is 14.6 Å². The molecule has 11 nitrogen and oxygen atoms in total. The first kappa shape index (κ1) is 23.8. The van der Waals surface area contributed by atoms with Crippen LogP contribution in [0.2, 0.25) is 0 Å². The monoisotopic (exact) mass is 364 g/mol. The van der Waals surface area contributed by atoms with E-state index in [-0.39, 0.29) is 11.8 Å². The first-order valence-corrected chi connectivity index (χ1v) is 7.95. The van der Waals surface area contributed by atoms with Crippen LogP contribution in [0.1, 0.15) is 25.7 Å². The Morgan fingerprint density at radius 1 is 0.760 bits per heavy atom. The smallest absolute Gasteiger partial charge is 0.402 e. The van der Waals surface area contributed by atoms with Gasteiger partial charge in [0.05, 0.1) is 13.2 Å². The molecule has 2 saturated heterocycles. The van der Waals surface area contributed by atoms with Crippen LogP contribution >= 0.6 is 0 Å². The molecule has 0 aromatic rings. The summed E-state index contributed by atoms with van der Waals surface area (Å²) in [5.41, 5.74) is 0. The molecule has 0 bridgehead atoms. The summed E-state index contributed by atoms with van der Waals surface area (Å²) in [6, 6.07) is 0. The first-order chi connectivity index (χ1) is 11.7. The summed E-state index contributed by atoms with van der Waals surface area (Å²) >= 11 is 0. The van der Waals surface area contributed by atoms with Crippen molar-refractivity contribution in [1.82, 2.24) is 9.80 Å². The van der Waals surface area contributed by atoms with Gasteiger partial charge in [-0.3, -0.25) is 9.59 Å². The second-order valence-corrected chi connectivity index (χ2v) is 5.27. The summed E-state index contributed by atoms with van der Waals surface area (Å²) in [7, 11) is -4.33. The highest BCUT2D eigenvalue weighted by Crippen LogP contribution is 2.09. The molecule has 2 heterocycles. The van der Waals surface area contributed by atoms with E-state index in [0.717, 1.165) is 25.9 Å². The molecule has 2 rings (SSSR count). The zero-order chi connectivity index (χ0) is 19.2. The fourth-order valence-corrected chi connectivity index (χ4v) is 2.33. The summed E-state index contributed by atoms with van der Waals surface area (Å²) in [5.74, 6) is 0.478. The third-order valence-corrected chi connectivity index (χ3v) is 3.35. The van der Waals surface area contributed by atoms with Crippen molar-refractivity contribution in [2.75, 3.05) is 39.4 Å². The lowest BCUT2D eigenvalue weighted by Gasteiger charge is -2.17. The fraction of sp³-hybridized carbons (Fsp3) is 0.833. The lowest BCUT2D eigenvalue weighted by molar-refractivity contribution is -0.128. The van der Waals surface area contributed by atoms with Gasteiger partial charge in [0.2, 0.25) is 11.8 Å². The molecule has 0 aromatic carbocycles. The Bertz CT molecular complexity index is 348. The molecular formula is C12H26B2N2O9. The van der Waals surface area contributed by atoms with E-state index in [9.17, 15) is 9.59 Å². The highest BCUT2D eigenvalue weighted by Gasteiger charge is 2.20. The van der Waals surface area contributed by atoms with E-state index in [1.807, 2.05) is 9.80 Å². The number of nitrogens with zero attached hydrogens (tertiary/aromatic N) is 2. The molecule has 13 heteroatoms. The van der Waals surface area contributed by atoms with Crippen molar-refractivity contribution in [1.29, 1.82) is 0 Å². The Labute approximate surface area is 146 Å². The molecule has 0 unspecified atom stereocenters. The van der Waals surface area contributed by atoms with Crippen LogP contribution in [-0.4, -0.2) is 106 Å². The molecule has 0 aromatic heterocycles. The van der Waals surface area contributed by atoms with Crippen molar-refractivity contribution < 1.29 is 44.5 Å². The zero-order valence-corrected chi connectivity index (χ0v) is 14.0. The molecular weight excluding hydrogens is 338 g/mol. The summed E-state index contributed by atoms with van der Waals surface area (Å²) in [4.78, 5) is 26.3. The minimum absolute atomic E-state index is 0.239. The largest absolute Gasteiger partial charge is 0.631 e. The van der Waals surface area contributed by atoms with E-state index < -0.39 is 14.6 Å². The molecule has 0 spiro atoms. The fourth-order valence-electron chi connectivity index (χ4n) is 2.33. The van der Waals surface area contributed by atoms with Crippen LogP contribution in [0.5, 0.6) is 0 Å². The van der Waals surface area contributed by atoms with Crippen LogP contribution < -0.4 is 0 Å². The number of hydrogen-bond acceptors (Lipinski definition) is 9. The van der Waals surface area contributed by atoms with E-state index in [2.05, 4.69) is 0 Å². The van der Waals surface area contributed by atoms with Gasteiger partial charge in [0, 0.05) is 39.0 Å². The third-order valence-electron chi connectivity index (χ3n) is 3.35. The lowest BCUT2D eigenvalue weighted by Crippen LogP contribution is -2.31. The summed E-state index contributed by atoms with van der Waals surface area (Å²) in [6.07, 6.45) is 3.31. The molecule has 25 heavy (non-hydrogen) atoms. The predicted octanol–water partition coefficient (Wildman–Crippen LogP) is -3.86. The third kappa shape index (κ3) is 13.7. The van der Waals surface area contributed by atoms with E-state index in [1.165, 1.54) is 0 Å². The number of rotatable bonds is 6. The highest BCUT2D eigenvalue weighted by molar-refractivity contribution is 6.30. The number of likely N-dealkylation sites (tertiary alicyclic amines) is 2. The standard InChI is InChI=1S/C12H20N2O3.2BH3O3/c15-11-3-1-5-13(11)7-9-17-10-8-14-6-2-4-12(14)16;2*2-1(3)4/h1-10H2;2*2-4H. The second kappa shape index (κ2) is 14.0. The van der Waals surface area contributed by atoms with E-state index >= 15 is 0 Å². The number of amides is 2. The Hall–Kier alpha value is -1.21. The molecule has 0 atom stereocenters. The number of hydrogen-bond donors (Lipinski definition) is 6. The van der Waals surface area contributed by atoms with Gasteiger partial charge in [-0.1, -0.05) is 0 Å². The maximum Gasteiger partial charge on any atom is 0.631 e. The van der Waals surface area contributed by atoms with Gasteiger partial charge in [-0.2, -0.15) is 0 Å². The molecule has 2 fully saturated rings. The highest BCUT2D eigenvalue weighted by atomic mass is 16.5. The van der Waals surface area contributed by atoms with Gasteiger partial charge in [-0.05, 0) is 12.8 Å². The van der Waals surface area contributed by atoms with Gasteiger partial charge in [0.25, 0.3) is 0 Å². The van der Waals surface area contributed by atoms with E-state index in [0.29, 0.717) is 39.1 Å².